The van der Waals surface area contributed by atoms with Crippen molar-refractivity contribution in [2.75, 3.05) is 60.8 Å². The monoisotopic (exact) mass is 686 g/mol. The number of ether oxygens (including phenoxy) is 5. The van der Waals surface area contributed by atoms with E-state index in [1.165, 1.54) is 45.6 Å². The Morgan fingerprint density at radius 3 is 1.88 bits per heavy atom. The molecular formula is C38H40F2N4O6. The van der Waals surface area contributed by atoms with Crippen LogP contribution >= 0.6 is 0 Å². The number of nitrogens with zero attached hydrogens (tertiary/aromatic N) is 2. The van der Waals surface area contributed by atoms with Crippen LogP contribution in [0.15, 0.2) is 84.9 Å². The van der Waals surface area contributed by atoms with Gasteiger partial charge in [0.05, 0.1) is 59.1 Å². The zero-order chi connectivity index (χ0) is 35.5. The highest BCUT2D eigenvalue weighted by atomic mass is 19.1. The molecule has 0 saturated heterocycles. The molecule has 12 heteroatoms. The predicted octanol–water partition coefficient (Wildman–Crippen LogP) is 5.96. The van der Waals surface area contributed by atoms with Gasteiger partial charge < -0.3 is 39.3 Å². The molecule has 0 radical (unpaired) electrons. The van der Waals surface area contributed by atoms with Crippen molar-refractivity contribution in [1.29, 1.82) is 0 Å². The first-order valence-electron chi connectivity index (χ1n) is 16.0. The molecule has 0 unspecified atom stereocenters. The zero-order valence-corrected chi connectivity index (χ0v) is 28.2. The average Bonchev–Trinajstić information content (AvgIpc) is 3.51. The Bertz CT molecular complexity index is 1840. The standard InChI is InChI=1S/C38H40F2N4O6/c1-46-32-22-29(23-33(47-2)36(32)48-3)37-43-34(26-8-12-30(39)13-9-26)35(27-10-14-31(40)15-11-27)44(37)24-25-4-6-28(7-5-25)38(45)42-17-19-50-21-20-49-18-16-41/h4-15,22-23H,16-21,24,41H2,1-3H3,(H,42,45). The fourth-order valence-electron chi connectivity index (χ4n) is 5.44. The van der Waals surface area contributed by atoms with E-state index in [9.17, 15) is 13.6 Å². The van der Waals surface area contributed by atoms with Crippen LogP contribution in [0.3, 0.4) is 0 Å². The van der Waals surface area contributed by atoms with Gasteiger partial charge in [-0.25, -0.2) is 13.8 Å². The molecule has 1 aromatic heterocycles. The normalized spacial score (nSPS) is 11.0. The molecule has 0 bridgehead atoms. The third kappa shape index (κ3) is 8.64. The molecule has 4 aromatic carbocycles. The second kappa shape index (κ2) is 17.4. The van der Waals surface area contributed by atoms with Crippen molar-refractivity contribution in [3.05, 3.63) is 108 Å². The number of carbonyl (C=O) groups excluding carboxylic acids is 1. The summed E-state index contributed by atoms with van der Waals surface area (Å²) >= 11 is 0. The molecule has 1 heterocycles. The summed E-state index contributed by atoms with van der Waals surface area (Å²) < 4.78 is 57.8. The molecule has 3 N–H and O–H groups in total. The first kappa shape index (κ1) is 36.0. The van der Waals surface area contributed by atoms with Gasteiger partial charge in [0.25, 0.3) is 5.91 Å². The van der Waals surface area contributed by atoms with Crippen molar-refractivity contribution in [3.63, 3.8) is 0 Å². The number of hydrogen-bond acceptors (Lipinski definition) is 8. The second-order valence-electron chi connectivity index (χ2n) is 11.1. The Labute approximate surface area is 289 Å². The van der Waals surface area contributed by atoms with Crippen molar-refractivity contribution in [1.82, 2.24) is 14.9 Å². The molecule has 10 nitrogen and oxygen atoms in total. The molecule has 262 valence electrons. The number of imidazole rings is 1. The Hall–Kier alpha value is -5.30. The number of hydrogen-bond donors (Lipinski definition) is 2. The van der Waals surface area contributed by atoms with Crippen molar-refractivity contribution < 1.29 is 37.3 Å². The molecule has 5 aromatic rings. The number of methoxy groups -OCH3 is 3. The number of halogens is 2. The molecule has 0 aliphatic rings. The quantitative estimate of drug-likeness (QED) is 0.115. The van der Waals surface area contributed by atoms with E-state index >= 15 is 0 Å². The number of carbonyl (C=O) groups is 1. The van der Waals surface area contributed by atoms with Crippen LogP contribution in [0.1, 0.15) is 15.9 Å². The third-order valence-electron chi connectivity index (χ3n) is 7.85. The Morgan fingerprint density at radius 1 is 0.740 bits per heavy atom. The number of aromatic nitrogens is 2. The van der Waals surface area contributed by atoms with Gasteiger partial charge in [-0.05, 0) is 78.4 Å². The van der Waals surface area contributed by atoms with Gasteiger partial charge in [0, 0.05) is 41.9 Å². The topological polar surface area (TPSA) is 119 Å². The van der Waals surface area contributed by atoms with Crippen molar-refractivity contribution in [3.8, 4) is 51.2 Å². The molecule has 50 heavy (non-hydrogen) atoms. The highest BCUT2D eigenvalue weighted by Gasteiger charge is 2.24. The minimum absolute atomic E-state index is 0.231. The maximum absolute atomic E-state index is 14.2. The van der Waals surface area contributed by atoms with Crippen LogP contribution in [0.2, 0.25) is 0 Å². The minimum Gasteiger partial charge on any atom is -0.493 e. The Balaban J connectivity index is 1.52. The smallest absolute Gasteiger partial charge is 0.251 e. The molecule has 1 amide bonds. The van der Waals surface area contributed by atoms with Gasteiger partial charge in [-0.2, -0.15) is 0 Å². The number of nitrogens with two attached hydrogens (primary N) is 1. The van der Waals surface area contributed by atoms with Crippen LogP contribution < -0.4 is 25.3 Å². The number of nitrogens with one attached hydrogen (secondary N) is 1. The van der Waals surface area contributed by atoms with Crippen molar-refractivity contribution >= 4 is 5.91 Å². The summed E-state index contributed by atoms with van der Waals surface area (Å²) in [6.45, 7) is 2.80. The first-order valence-corrected chi connectivity index (χ1v) is 16.0. The lowest BCUT2D eigenvalue weighted by atomic mass is 10.0. The lowest BCUT2D eigenvalue weighted by Crippen LogP contribution is -2.27. The van der Waals surface area contributed by atoms with Gasteiger partial charge in [-0.3, -0.25) is 4.79 Å². The maximum atomic E-state index is 14.2. The van der Waals surface area contributed by atoms with E-state index in [-0.39, 0.29) is 17.5 Å². The van der Waals surface area contributed by atoms with Gasteiger partial charge in [0.15, 0.2) is 11.5 Å². The zero-order valence-electron chi connectivity index (χ0n) is 28.2. The summed E-state index contributed by atoms with van der Waals surface area (Å²) in [7, 11) is 4.59. The first-order chi connectivity index (χ1) is 24.4. The van der Waals surface area contributed by atoms with Crippen molar-refractivity contribution in [2.45, 2.75) is 6.54 Å². The number of benzene rings is 4. The highest BCUT2D eigenvalue weighted by molar-refractivity contribution is 5.94. The summed E-state index contributed by atoms with van der Waals surface area (Å²) in [6, 6.07) is 23.0. The maximum Gasteiger partial charge on any atom is 0.251 e. The van der Waals surface area contributed by atoms with E-state index in [2.05, 4.69) is 5.32 Å². The fourth-order valence-corrected chi connectivity index (χ4v) is 5.44. The van der Waals surface area contributed by atoms with Gasteiger partial charge >= 0.3 is 0 Å². The van der Waals surface area contributed by atoms with Gasteiger partial charge in [-0.1, -0.05) is 12.1 Å². The van der Waals surface area contributed by atoms with E-state index in [1.54, 1.807) is 48.5 Å². The van der Waals surface area contributed by atoms with Crippen LogP contribution in [0.5, 0.6) is 17.2 Å². The third-order valence-corrected chi connectivity index (χ3v) is 7.85. The number of amides is 1. The summed E-state index contributed by atoms with van der Waals surface area (Å²) in [6.07, 6.45) is 0. The molecule has 0 saturated carbocycles. The Morgan fingerprint density at radius 2 is 1.32 bits per heavy atom. The van der Waals surface area contributed by atoms with E-state index in [0.29, 0.717) is 103 Å². The highest BCUT2D eigenvalue weighted by Crippen LogP contribution is 2.43. The van der Waals surface area contributed by atoms with E-state index in [1.807, 2.05) is 16.7 Å². The van der Waals surface area contributed by atoms with Crippen LogP contribution in [0, 0.1) is 11.6 Å². The largest absolute Gasteiger partial charge is 0.493 e. The van der Waals surface area contributed by atoms with Gasteiger partial charge in [-0.15, -0.1) is 0 Å². The van der Waals surface area contributed by atoms with E-state index in [0.717, 1.165) is 5.56 Å². The van der Waals surface area contributed by atoms with Crippen LogP contribution in [-0.2, 0) is 16.0 Å². The lowest BCUT2D eigenvalue weighted by molar-refractivity contribution is 0.0511. The molecule has 0 fully saturated rings. The van der Waals surface area contributed by atoms with Crippen LogP contribution in [0.25, 0.3) is 33.9 Å². The summed E-state index contributed by atoms with van der Waals surface area (Å²) in [5.41, 5.74) is 10.00. The second-order valence-corrected chi connectivity index (χ2v) is 11.1. The summed E-state index contributed by atoms with van der Waals surface area (Å²) in [4.78, 5) is 17.9. The van der Waals surface area contributed by atoms with E-state index < -0.39 is 0 Å². The molecule has 5 rings (SSSR count). The molecule has 0 aliphatic carbocycles. The fraction of sp³-hybridized carbons (Fsp3) is 0.263. The number of rotatable bonds is 17. The molecule has 0 atom stereocenters. The molecular weight excluding hydrogens is 646 g/mol. The Kier molecular flexibility index (Phi) is 12.5. The van der Waals surface area contributed by atoms with Gasteiger partial charge in [0.2, 0.25) is 5.75 Å². The van der Waals surface area contributed by atoms with Crippen LogP contribution in [0.4, 0.5) is 8.78 Å². The molecule has 0 spiro atoms. The van der Waals surface area contributed by atoms with Crippen molar-refractivity contribution in [2.24, 2.45) is 5.73 Å². The molecule has 0 aliphatic heterocycles. The SMILES string of the molecule is COc1cc(-c2nc(-c3ccc(F)cc3)c(-c3ccc(F)cc3)n2Cc2ccc(C(=O)NCCOCCOCCN)cc2)cc(OC)c1OC. The van der Waals surface area contributed by atoms with Gasteiger partial charge in [0.1, 0.15) is 17.5 Å². The summed E-state index contributed by atoms with van der Waals surface area (Å²) in [5.74, 6) is 0.832. The summed E-state index contributed by atoms with van der Waals surface area (Å²) in [5, 5.41) is 2.86. The predicted molar refractivity (Wildman–Crippen MR) is 187 cm³/mol. The minimum atomic E-state index is -0.384. The van der Waals surface area contributed by atoms with Crippen LogP contribution in [-0.4, -0.2) is 76.3 Å². The lowest BCUT2D eigenvalue weighted by Gasteiger charge is -2.17. The van der Waals surface area contributed by atoms with E-state index in [4.69, 9.17) is 34.4 Å². The average molecular weight is 687 g/mol.